The van der Waals surface area contributed by atoms with Crippen LogP contribution in [0.25, 0.3) is 0 Å². The third-order valence-corrected chi connectivity index (χ3v) is 8.35. The van der Waals surface area contributed by atoms with Gasteiger partial charge in [-0.05, 0) is 69.0 Å². The Morgan fingerprint density at radius 1 is 1.03 bits per heavy atom. The van der Waals surface area contributed by atoms with Crippen molar-refractivity contribution in [3.05, 3.63) is 57.6 Å². The summed E-state index contributed by atoms with van der Waals surface area (Å²) in [6, 6.07) is 9.08. The summed E-state index contributed by atoms with van der Waals surface area (Å²) >= 11 is 6.22. The number of imide groups is 1. The maximum absolute atomic E-state index is 14.0. The van der Waals surface area contributed by atoms with E-state index < -0.39 is 17.4 Å². The molecular formula is C25H24ClN3O3. The van der Waals surface area contributed by atoms with E-state index in [1.54, 1.807) is 12.1 Å². The van der Waals surface area contributed by atoms with Crippen molar-refractivity contribution in [2.45, 2.75) is 45.2 Å². The van der Waals surface area contributed by atoms with E-state index in [2.05, 4.69) is 10.2 Å². The number of halogens is 1. The summed E-state index contributed by atoms with van der Waals surface area (Å²) in [5.41, 5.74) is 3.88. The minimum absolute atomic E-state index is 0.126. The Hall–Kier alpha value is -2.70. The number of carbonyl (C=O) groups is 3. The molecule has 3 saturated heterocycles. The van der Waals surface area contributed by atoms with Gasteiger partial charge in [-0.15, -0.1) is 0 Å². The molecule has 164 valence electrons. The number of carbonyl (C=O) groups excluding carboxylic acids is 3. The number of benzene rings is 2. The van der Waals surface area contributed by atoms with Gasteiger partial charge in [0.1, 0.15) is 5.54 Å². The molecule has 32 heavy (non-hydrogen) atoms. The SMILES string of the molecule is Cc1ccc(Cl)cc1N1C(=O)[C@H]2[C@@H](C1=O)[C@@]1(C(=O)Nc3c1ccc(C)c3C)N1CCC[C@@H]21. The van der Waals surface area contributed by atoms with Crippen LogP contribution in [0.4, 0.5) is 11.4 Å². The fourth-order valence-corrected chi connectivity index (χ4v) is 6.75. The average Bonchev–Trinajstić information content (AvgIpc) is 3.46. The van der Waals surface area contributed by atoms with Gasteiger partial charge in [0, 0.05) is 22.3 Å². The molecule has 2 aromatic rings. The zero-order chi connectivity index (χ0) is 22.5. The molecule has 3 amide bonds. The van der Waals surface area contributed by atoms with Gasteiger partial charge in [0.25, 0.3) is 0 Å². The van der Waals surface area contributed by atoms with Gasteiger partial charge in [-0.1, -0.05) is 29.8 Å². The Kier molecular flexibility index (Phi) is 4.00. The lowest BCUT2D eigenvalue weighted by atomic mass is 9.75. The summed E-state index contributed by atoms with van der Waals surface area (Å²) < 4.78 is 0. The third kappa shape index (κ3) is 2.17. The van der Waals surface area contributed by atoms with Gasteiger partial charge in [0.2, 0.25) is 17.7 Å². The van der Waals surface area contributed by atoms with Gasteiger partial charge in [0.05, 0.1) is 17.5 Å². The van der Waals surface area contributed by atoms with E-state index in [0.717, 1.165) is 40.8 Å². The molecule has 1 spiro atoms. The van der Waals surface area contributed by atoms with Gasteiger partial charge in [-0.2, -0.15) is 0 Å². The van der Waals surface area contributed by atoms with Crippen LogP contribution in [0.2, 0.25) is 5.02 Å². The molecule has 0 aromatic heterocycles. The predicted molar refractivity (Wildman–Crippen MR) is 122 cm³/mol. The summed E-state index contributed by atoms with van der Waals surface area (Å²) in [6.07, 6.45) is 1.71. The molecule has 6 nitrogen and oxygen atoms in total. The normalized spacial score (nSPS) is 30.8. The third-order valence-electron chi connectivity index (χ3n) is 8.11. The molecule has 6 rings (SSSR count). The van der Waals surface area contributed by atoms with Gasteiger partial charge in [-0.25, -0.2) is 4.90 Å². The molecule has 0 saturated carbocycles. The number of nitrogens with zero attached hydrogens (tertiary/aromatic N) is 2. The number of amides is 3. The van der Waals surface area contributed by atoms with E-state index >= 15 is 0 Å². The van der Waals surface area contributed by atoms with Crippen LogP contribution < -0.4 is 10.2 Å². The summed E-state index contributed by atoms with van der Waals surface area (Å²) in [5.74, 6) is -2.00. The molecule has 0 radical (unpaired) electrons. The second kappa shape index (κ2) is 6.42. The van der Waals surface area contributed by atoms with Crippen LogP contribution in [-0.4, -0.2) is 35.2 Å². The maximum Gasteiger partial charge on any atom is 0.250 e. The van der Waals surface area contributed by atoms with E-state index in [1.807, 2.05) is 39.0 Å². The largest absolute Gasteiger partial charge is 0.324 e. The van der Waals surface area contributed by atoms with Crippen LogP contribution in [0, 0.1) is 32.6 Å². The van der Waals surface area contributed by atoms with Crippen LogP contribution in [0.3, 0.4) is 0 Å². The highest BCUT2D eigenvalue weighted by molar-refractivity contribution is 6.32. The molecule has 1 N–H and O–H groups in total. The van der Waals surface area contributed by atoms with E-state index in [-0.39, 0.29) is 23.8 Å². The van der Waals surface area contributed by atoms with E-state index in [9.17, 15) is 14.4 Å². The quantitative estimate of drug-likeness (QED) is 0.674. The second-order valence-electron chi connectivity index (χ2n) is 9.50. The lowest BCUT2D eigenvalue weighted by molar-refractivity contribution is -0.135. The Balaban J connectivity index is 1.58. The monoisotopic (exact) mass is 449 g/mol. The highest BCUT2D eigenvalue weighted by Crippen LogP contribution is 2.61. The molecule has 0 unspecified atom stereocenters. The Morgan fingerprint density at radius 3 is 2.56 bits per heavy atom. The molecule has 0 bridgehead atoms. The molecule has 4 aliphatic heterocycles. The fourth-order valence-electron chi connectivity index (χ4n) is 6.58. The van der Waals surface area contributed by atoms with E-state index in [1.165, 1.54) is 4.90 Å². The molecule has 2 aromatic carbocycles. The molecule has 4 atom stereocenters. The molecular weight excluding hydrogens is 426 g/mol. The first kappa shape index (κ1) is 19.9. The van der Waals surface area contributed by atoms with Crippen LogP contribution >= 0.6 is 11.6 Å². The van der Waals surface area contributed by atoms with Crippen LogP contribution in [0.15, 0.2) is 30.3 Å². The average molecular weight is 450 g/mol. The first-order valence-electron chi connectivity index (χ1n) is 11.1. The molecule has 7 heteroatoms. The zero-order valence-corrected chi connectivity index (χ0v) is 19.0. The van der Waals surface area contributed by atoms with Crippen molar-refractivity contribution in [1.29, 1.82) is 0 Å². The molecule has 0 aliphatic carbocycles. The maximum atomic E-state index is 14.0. The number of anilines is 2. The number of aryl methyl sites for hydroxylation is 2. The smallest absolute Gasteiger partial charge is 0.250 e. The lowest BCUT2D eigenvalue weighted by Crippen LogP contribution is -2.54. The van der Waals surface area contributed by atoms with Crippen molar-refractivity contribution in [1.82, 2.24) is 4.90 Å². The summed E-state index contributed by atoms with van der Waals surface area (Å²) in [6.45, 7) is 6.57. The van der Waals surface area contributed by atoms with Crippen molar-refractivity contribution >= 4 is 40.7 Å². The second-order valence-corrected chi connectivity index (χ2v) is 9.94. The topological polar surface area (TPSA) is 69.7 Å². The number of fused-ring (bicyclic) bond motifs is 7. The first-order valence-corrected chi connectivity index (χ1v) is 11.5. The van der Waals surface area contributed by atoms with Crippen LogP contribution in [0.1, 0.15) is 35.1 Å². The number of hydrogen-bond acceptors (Lipinski definition) is 4. The van der Waals surface area contributed by atoms with Crippen molar-refractivity contribution in [2.24, 2.45) is 11.8 Å². The van der Waals surface area contributed by atoms with Gasteiger partial charge in [0.15, 0.2) is 0 Å². The fraction of sp³-hybridized carbons (Fsp3) is 0.400. The number of hydrogen-bond donors (Lipinski definition) is 1. The zero-order valence-electron chi connectivity index (χ0n) is 18.2. The van der Waals surface area contributed by atoms with Gasteiger partial charge in [-0.3, -0.25) is 19.3 Å². The van der Waals surface area contributed by atoms with Crippen LogP contribution in [0.5, 0.6) is 0 Å². The molecule has 4 heterocycles. The van der Waals surface area contributed by atoms with Crippen molar-refractivity contribution < 1.29 is 14.4 Å². The van der Waals surface area contributed by atoms with Crippen molar-refractivity contribution in [3.63, 3.8) is 0 Å². The summed E-state index contributed by atoms with van der Waals surface area (Å²) in [7, 11) is 0. The van der Waals surface area contributed by atoms with Gasteiger partial charge >= 0.3 is 0 Å². The van der Waals surface area contributed by atoms with E-state index in [0.29, 0.717) is 17.3 Å². The minimum Gasteiger partial charge on any atom is -0.324 e. The Labute approximate surface area is 191 Å². The standard InChI is InChI=1S/C25H24ClN3O3/c1-12-7-9-16-21(14(12)3)27-24(32)25(16)20-19(17-5-4-10-28(17)25)22(30)29(23(20)31)18-11-15(26)8-6-13(18)2/h6-9,11,17,19-20H,4-5,10H2,1-3H3,(H,27,32)/t17-,19+,20-,25-/m0/s1. The van der Waals surface area contributed by atoms with Crippen molar-refractivity contribution in [2.75, 3.05) is 16.8 Å². The Morgan fingerprint density at radius 2 is 1.78 bits per heavy atom. The Bertz CT molecular complexity index is 1240. The number of nitrogens with one attached hydrogen (secondary N) is 1. The lowest BCUT2D eigenvalue weighted by Gasteiger charge is -2.36. The number of rotatable bonds is 1. The first-order chi connectivity index (χ1) is 15.3. The highest BCUT2D eigenvalue weighted by Gasteiger charge is 2.74. The van der Waals surface area contributed by atoms with E-state index in [4.69, 9.17) is 11.6 Å². The molecule has 4 aliphatic rings. The van der Waals surface area contributed by atoms with Crippen molar-refractivity contribution in [3.8, 4) is 0 Å². The molecule has 3 fully saturated rings. The summed E-state index contributed by atoms with van der Waals surface area (Å²) in [4.78, 5) is 45.0. The highest BCUT2D eigenvalue weighted by atomic mass is 35.5. The van der Waals surface area contributed by atoms with Crippen LogP contribution in [-0.2, 0) is 19.9 Å². The minimum atomic E-state index is -1.15. The predicted octanol–water partition coefficient (Wildman–Crippen LogP) is 3.70. The van der Waals surface area contributed by atoms with Gasteiger partial charge < -0.3 is 5.32 Å². The summed E-state index contributed by atoms with van der Waals surface area (Å²) in [5, 5.41) is 3.56.